The Kier molecular flexibility index (Phi) is 4.23. The van der Waals surface area contributed by atoms with Crippen molar-refractivity contribution in [3.63, 3.8) is 0 Å². The smallest absolute Gasteiger partial charge is 0.258 e. The Hall–Kier alpha value is -1.69. The molecule has 0 aliphatic carbocycles. The first kappa shape index (κ1) is 14.7. The number of rotatable bonds is 5. The lowest BCUT2D eigenvalue weighted by molar-refractivity contribution is 0.424. The van der Waals surface area contributed by atoms with Gasteiger partial charge in [0.1, 0.15) is 5.75 Å². The number of aromatic nitrogens is 2. The lowest BCUT2D eigenvalue weighted by atomic mass is 9.97. The third-order valence-corrected chi connectivity index (χ3v) is 4.65. The van der Waals surface area contributed by atoms with Gasteiger partial charge >= 0.3 is 0 Å². The summed E-state index contributed by atoms with van der Waals surface area (Å²) in [5.74, 6) is 0.785. The van der Waals surface area contributed by atoms with Crippen LogP contribution in [0.5, 0.6) is 0 Å². The highest BCUT2D eigenvalue weighted by molar-refractivity contribution is 7.90. The van der Waals surface area contributed by atoms with E-state index in [1.807, 2.05) is 24.3 Å². The van der Waals surface area contributed by atoms with Gasteiger partial charge in [-0.1, -0.05) is 44.1 Å². The first-order valence-corrected chi connectivity index (χ1v) is 8.37. The molecule has 0 amide bonds. The van der Waals surface area contributed by atoms with Crippen molar-refractivity contribution >= 4 is 9.84 Å². The lowest BCUT2D eigenvalue weighted by Crippen LogP contribution is -2.07. The summed E-state index contributed by atoms with van der Waals surface area (Å²) in [5, 5.41) is 3.76. The molecule has 0 N–H and O–H groups in total. The summed E-state index contributed by atoms with van der Waals surface area (Å²) in [5.41, 5.74) is 1.95. The Bertz CT molecular complexity index is 690. The fraction of sp³-hybridized carbons (Fsp3) is 0.429. The van der Waals surface area contributed by atoms with Crippen LogP contribution in [0.25, 0.3) is 11.5 Å². The van der Waals surface area contributed by atoms with E-state index < -0.39 is 9.84 Å². The minimum absolute atomic E-state index is 0.0689. The second-order valence-corrected chi connectivity index (χ2v) is 7.29. The van der Waals surface area contributed by atoms with Crippen LogP contribution in [0.3, 0.4) is 0 Å². The Morgan fingerprint density at radius 1 is 1.25 bits per heavy atom. The number of hydrogen-bond acceptors (Lipinski definition) is 5. The molecule has 0 unspecified atom stereocenters. The zero-order chi connectivity index (χ0) is 14.8. The molecule has 0 saturated carbocycles. The first-order chi connectivity index (χ1) is 9.43. The molecule has 0 saturated heterocycles. The van der Waals surface area contributed by atoms with Crippen molar-refractivity contribution in [1.29, 1.82) is 0 Å². The SMILES string of the molecule is CCS(=O)(=O)Cc1noc(-c2ccccc2C(C)C)n1. The average molecular weight is 294 g/mol. The van der Waals surface area contributed by atoms with Crippen LogP contribution in [0.4, 0.5) is 0 Å². The van der Waals surface area contributed by atoms with Gasteiger partial charge in [-0.05, 0) is 17.5 Å². The second kappa shape index (κ2) is 5.75. The zero-order valence-electron chi connectivity index (χ0n) is 11.8. The molecular weight excluding hydrogens is 276 g/mol. The number of hydrogen-bond donors (Lipinski definition) is 0. The van der Waals surface area contributed by atoms with E-state index in [-0.39, 0.29) is 17.3 Å². The van der Waals surface area contributed by atoms with E-state index in [0.717, 1.165) is 11.1 Å². The Labute approximate surface area is 118 Å². The average Bonchev–Trinajstić information content (AvgIpc) is 2.86. The minimum Gasteiger partial charge on any atom is -0.334 e. The molecule has 20 heavy (non-hydrogen) atoms. The standard InChI is InChI=1S/C14H18N2O3S/c1-4-20(17,18)9-13-15-14(19-16-13)12-8-6-5-7-11(12)10(2)3/h5-8,10H,4,9H2,1-3H3. The monoisotopic (exact) mass is 294 g/mol. The summed E-state index contributed by atoms with van der Waals surface area (Å²) in [6, 6.07) is 7.76. The highest BCUT2D eigenvalue weighted by atomic mass is 32.2. The highest BCUT2D eigenvalue weighted by Crippen LogP contribution is 2.27. The normalized spacial score (nSPS) is 12.0. The molecular formula is C14H18N2O3S. The second-order valence-electron chi connectivity index (χ2n) is 4.93. The van der Waals surface area contributed by atoms with E-state index in [2.05, 4.69) is 24.0 Å². The molecule has 0 atom stereocenters. The molecule has 0 aliphatic heterocycles. The summed E-state index contributed by atoms with van der Waals surface area (Å²) in [6.07, 6.45) is 0. The minimum atomic E-state index is -3.15. The molecule has 0 bridgehead atoms. The van der Waals surface area contributed by atoms with Gasteiger partial charge in [0.05, 0.1) is 0 Å². The summed E-state index contributed by atoms with van der Waals surface area (Å²) in [4.78, 5) is 4.20. The number of sulfone groups is 1. The predicted octanol–water partition coefficient (Wildman–Crippen LogP) is 2.79. The number of nitrogens with zero attached hydrogens (tertiary/aromatic N) is 2. The van der Waals surface area contributed by atoms with E-state index >= 15 is 0 Å². The van der Waals surface area contributed by atoms with Crippen molar-refractivity contribution in [2.75, 3.05) is 5.75 Å². The predicted molar refractivity (Wildman–Crippen MR) is 77.0 cm³/mol. The molecule has 0 radical (unpaired) electrons. The molecule has 1 aromatic carbocycles. The maximum atomic E-state index is 11.6. The maximum absolute atomic E-state index is 11.6. The van der Waals surface area contributed by atoms with Crippen molar-refractivity contribution in [3.05, 3.63) is 35.7 Å². The highest BCUT2D eigenvalue weighted by Gasteiger charge is 2.18. The van der Waals surface area contributed by atoms with Crippen molar-refractivity contribution in [2.45, 2.75) is 32.4 Å². The van der Waals surface area contributed by atoms with Crippen LogP contribution in [-0.4, -0.2) is 24.3 Å². The zero-order valence-corrected chi connectivity index (χ0v) is 12.6. The van der Waals surface area contributed by atoms with Gasteiger partial charge in [0.25, 0.3) is 5.89 Å². The number of benzene rings is 1. The Morgan fingerprint density at radius 2 is 1.95 bits per heavy atom. The van der Waals surface area contributed by atoms with Gasteiger partial charge in [-0.2, -0.15) is 4.98 Å². The Morgan fingerprint density at radius 3 is 2.60 bits per heavy atom. The van der Waals surface area contributed by atoms with E-state index in [1.54, 1.807) is 6.92 Å². The van der Waals surface area contributed by atoms with Crippen molar-refractivity contribution < 1.29 is 12.9 Å². The van der Waals surface area contributed by atoms with Crippen LogP contribution in [0.1, 0.15) is 38.1 Å². The quantitative estimate of drug-likeness (QED) is 0.847. The van der Waals surface area contributed by atoms with Crippen molar-refractivity contribution in [1.82, 2.24) is 10.1 Å². The maximum Gasteiger partial charge on any atom is 0.258 e. The Balaban J connectivity index is 2.34. The molecule has 0 spiro atoms. The van der Waals surface area contributed by atoms with Crippen LogP contribution < -0.4 is 0 Å². The van der Waals surface area contributed by atoms with E-state index in [1.165, 1.54) is 0 Å². The van der Waals surface area contributed by atoms with Crippen LogP contribution in [0.2, 0.25) is 0 Å². The van der Waals surface area contributed by atoms with Crippen LogP contribution >= 0.6 is 0 Å². The van der Waals surface area contributed by atoms with Crippen LogP contribution in [0, 0.1) is 0 Å². The molecule has 5 nitrogen and oxygen atoms in total. The van der Waals surface area contributed by atoms with Gasteiger partial charge in [0.15, 0.2) is 15.7 Å². The molecule has 2 rings (SSSR count). The van der Waals surface area contributed by atoms with E-state index in [4.69, 9.17) is 4.52 Å². The van der Waals surface area contributed by atoms with Gasteiger partial charge in [0.2, 0.25) is 0 Å². The molecule has 6 heteroatoms. The summed E-state index contributed by atoms with van der Waals surface area (Å²) < 4.78 is 28.3. The van der Waals surface area contributed by atoms with E-state index in [0.29, 0.717) is 11.8 Å². The largest absolute Gasteiger partial charge is 0.334 e. The molecule has 0 fully saturated rings. The first-order valence-electron chi connectivity index (χ1n) is 6.55. The van der Waals surface area contributed by atoms with Gasteiger partial charge in [0, 0.05) is 11.3 Å². The fourth-order valence-corrected chi connectivity index (χ4v) is 2.63. The third kappa shape index (κ3) is 3.25. The summed E-state index contributed by atoms with van der Waals surface area (Å²) in [7, 11) is -3.15. The molecule has 1 heterocycles. The summed E-state index contributed by atoms with van der Waals surface area (Å²) >= 11 is 0. The van der Waals surface area contributed by atoms with Crippen molar-refractivity contribution in [2.24, 2.45) is 0 Å². The van der Waals surface area contributed by atoms with Crippen molar-refractivity contribution in [3.8, 4) is 11.5 Å². The van der Waals surface area contributed by atoms with Gasteiger partial charge < -0.3 is 4.52 Å². The topological polar surface area (TPSA) is 73.1 Å². The molecule has 108 valence electrons. The molecule has 1 aromatic heterocycles. The van der Waals surface area contributed by atoms with Crippen LogP contribution in [-0.2, 0) is 15.6 Å². The van der Waals surface area contributed by atoms with Gasteiger partial charge in [-0.3, -0.25) is 0 Å². The van der Waals surface area contributed by atoms with E-state index in [9.17, 15) is 8.42 Å². The third-order valence-electron chi connectivity index (χ3n) is 3.07. The van der Waals surface area contributed by atoms with Gasteiger partial charge in [-0.25, -0.2) is 8.42 Å². The summed E-state index contributed by atoms with van der Waals surface area (Å²) in [6.45, 7) is 5.76. The van der Waals surface area contributed by atoms with Gasteiger partial charge in [-0.15, -0.1) is 0 Å². The molecule has 2 aromatic rings. The molecule has 0 aliphatic rings. The lowest BCUT2D eigenvalue weighted by Gasteiger charge is -2.08. The fourth-order valence-electron chi connectivity index (χ4n) is 1.92. The van der Waals surface area contributed by atoms with Crippen LogP contribution in [0.15, 0.2) is 28.8 Å².